The molecule has 0 N–H and O–H groups in total. The van der Waals surface area contributed by atoms with Crippen molar-refractivity contribution in [1.82, 2.24) is 9.97 Å². The van der Waals surface area contributed by atoms with Gasteiger partial charge in [0.2, 0.25) is 0 Å². The van der Waals surface area contributed by atoms with E-state index >= 15 is 0 Å². The Morgan fingerprint density at radius 2 is 0.886 bits per heavy atom. The van der Waals surface area contributed by atoms with Crippen molar-refractivity contribution in [3.05, 3.63) is 155 Å². The lowest BCUT2D eigenvalue weighted by atomic mass is 9.98. The maximum absolute atomic E-state index is 5.02. The second-order valence-electron chi connectivity index (χ2n) is 11.6. The van der Waals surface area contributed by atoms with Crippen LogP contribution in [-0.2, 0) is 0 Å². The molecule has 0 atom stereocenters. The second kappa shape index (κ2) is 12.2. The average molecular weight is 575 g/mol. The quantitative estimate of drug-likeness (QED) is 0.190. The highest BCUT2D eigenvalue weighted by atomic mass is 15.2. The summed E-state index contributed by atoms with van der Waals surface area (Å²) in [6.45, 7) is 13.2. The molecule has 0 bridgehead atoms. The van der Waals surface area contributed by atoms with Crippen molar-refractivity contribution < 1.29 is 0 Å². The summed E-state index contributed by atoms with van der Waals surface area (Å²) < 4.78 is 0. The summed E-state index contributed by atoms with van der Waals surface area (Å²) in [7, 11) is 0. The highest BCUT2D eigenvalue weighted by Gasteiger charge is 2.22. The van der Waals surface area contributed by atoms with Crippen LogP contribution in [-0.4, -0.2) is 9.97 Å². The number of hydrogen-bond acceptors (Lipinski definition) is 4. The smallest absolute Gasteiger partial charge is 0.161 e. The Morgan fingerprint density at radius 1 is 0.455 bits per heavy atom. The number of benzene rings is 5. The van der Waals surface area contributed by atoms with Gasteiger partial charge in [-0.25, -0.2) is 9.97 Å². The number of aryl methyl sites for hydroxylation is 6. The zero-order valence-electron chi connectivity index (χ0n) is 26.3. The van der Waals surface area contributed by atoms with Crippen molar-refractivity contribution in [2.24, 2.45) is 0 Å². The van der Waals surface area contributed by atoms with Crippen molar-refractivity contribution in [2.45, 2.75) is 41.5 Å². The first-order valence-corrected chi connectivity index (χ1v) is 15.1. The summed E-state index contributed by atoms with van der Waals surface area (Å²) in [4.78, 5) is 14.2. The second-order valence-corrected chi connectivity index (χ2v) is 11.6. The van der Waals surface area contributed by atoms with Crippen molar-refractivity contribution >= 4 is 34.3 Å². The molecule has 0 fully saturated rings. The predicted octanol–water partition coefficient (Wildman–Crippen LogP) is 10.9. The molecule has 6 aromatic rings. The van der Waals surface area contributed by atoms with E-state index in [4.69, 9.17) is 4.98 Å². The molecule has 44 heavy (non-hydrogen) atoms. The van der Waals surface area contributed by atoms with E-state index in [1.807, 2.05) is 48.7 Å². The number of nitrogens with zero attached hydrogens (tertiary/aromatic N) is 4. The Hall–Kier alpha value is -5.22. The van der Waals surface area contributed by atoms with Gasteiger partial charge in [-0.2, -0.15) is 0 Å². The first-order chi connectivity index (χ1) is 21.3. The number of rotatable bonds is 7. The average Bonchev–Trinajstić information content (AvgIpc) is 3.01. The molecule has 0 saturated heterocycles. The summed E-state index contributed by atoms with van der Waals surface area (Å²) >= 11 is 0. The summed E-state index contributed by atoms with van der Waals surface area (Å²) in [5.41, 5.74) is 14.2. The van der Waals surface area contributed by atoms with E-state index in [2.05, 4.69) is 129 Å². The van der Waals surface area contributed by atoms with Gasteiger partial charge in [-0.1, -0.05) is 83.9 Å². The molecule has 0 spiro atoms. The molecule has 0 aliphatic carbocycles. The van der Waals surface area contributed by atoms with Crippen LogP contribution >= 0.6 is 0 Å². The lowest BCUT2D eigenvalue weighted by Gasteiger charge is -2.32. The van der Waals surface area contributed by atoms with Crippen molar-refractivity contribution in [3.8, 4) is 11.4 Å². The minimum Gasteiger partial charge on any atom is -0.309 e. The monoisotopic (exact) mass is 574 g/mol. The van der Waals surface area contributed by atoms with Gasteiger partial charge in [0.05, 0.1) is 11.4 Å². The molecule has 4 nitrogen and oxygen atoms in total. The maximum atomic E-state index is 5.02. The molecule has 5 aromatic carbocycles. The van der Waals surface area contributed by atoms with Gasteiger partial charge in [0.15, 0.2) is 5.82 Å². The largest absolute Gasteiger partial charge is 0.309 e. The number of hydrogen-bond donors (Lipinski definition) is 0. The van der Waals surface area contributed by atoms with Gasteiger partial charge in [-0.3, -0.25) is 4.90 Å². The Kier molecular flexibility index (Phi) is 7.99. The van der Waals surface area contributed by atoms with E-state index in [0.717, 1.165) is 28.4 Å². The molecular weight excluding hydrogens is 536 g/mol. The van der Waals surface area contributed by atoms with Crippen molar-refractivity contribution in [1.29, 1.82) is 0 Å². The Morgan fingerprint density at radius 3 is 1.39 bits per heavy atom. The Labute approximate surface area is 261 Å². The van der Waals surface area contributed by atoms with E-state index in [-0.39, 0.29) is 0 Å². The molecule has 0 aliphatic heterocycles. The molecule has 6 rings (SSSR count). The van der Waals surface area contributed by atoms with E-state index in [1.165, 1.54) is 44.8 Å². The fourth-order valence-corrected chi connectivity index (χ4v) is 6.36. The summed E-state index contributed by atoms with van der Waals surface area (Å²) in [5, 5.41) is 0. The van der Waals surface area contributed by atoms with Crippen LogP contribution in [0.4, 0.5) is 34.3 Å². The van der Waals surface area contributed by atoms with Gasteiger partial charge >= 0.3 is 0 Å². The molecule has 1 aromatic heterocycles. The van der Waals surface area contributed by atoms with Crippen molar-refractivity contribution in [2.75, 3.05) is 9.80 Å². The Balaban J connectivity index is 1.49. The van der Waals surface area contributed by atoms with Crippen LogP contribution in [0.15, 0.2) is 121 Å². The van der Waals surface area contributed by atoms with Gasteiger partial charge in [0.25, 0.3) is 0 Å². The lowest BCUT2D eigenvalue weighted by molar-refractivity contribution is 1.12. The molecule has 4 heteroatoms. The molecule has 0 aliphatic rings. The third-order valence-electron chi connectivity index (χ3n) is 8.00. The number of anilines is 6. The standard InChI is InChI=1S/C40H38N4/c1-27-23-29(3)38(30(4)24-27)44(39-31(5)25-28(2)26-32(39)6)36-19-17-35(18-20-36)43(34-15-11-8-12-16-34)37-21-22-41-40(42-37)33-13-9-7-10-14-33/h7-26H,1-6H3. The van der Waals surface area contributed by atoms with E-state index in [0.29, 0.717) is 5.82 Å². The van der Waals surface area contributed by atoms with Crippen LogP contribution in [0.25, 0.3) is 11.4 Å². The predicted molar refractivity (Wildman–Crippen MR) is 185 cm³/mol. The van der Waals surface area contributed by atoms with Gasteiger partial charge < -0.3 is 4.90 Å². The van der Waals surface area contributed by atoms with Crippen LogP contribution in [0.1, 0.15) is 33.4 Å². The molecular formula is C40H38N4. The van der Waals surface area contributed by atoms with E-state index < -0.39 is 0 Å². The SMILES string of the molecule is Cc1cc(C)c(N(c2ccc(N(c3ccccc3)c3ccnc(-c4ccccc4)n3)cc2)c2c(C)cc(C)cc2C)c(C)c1. The summed E-state index contributed by atoms with van der Waals surface area (Å²) in [5.74, 6) is 1.51. The normalized spacial score (nSPS) is 11.0. The molecule has 218 valence electrons. The lowest BCUT2D eigenvalue weighted by Crippen LogP contribution is -2.16. The summed E-state index contributed by atoms with van der Waals surface area (Å²) in [6.07, 6.45) is 1.84. The van der Waals surface area contributed by atoms with Crippen LogP contribution in [0.3, 0.4) is 0 Å². The zero-order valence-corrected chi connectivity index (χ0v) is 26.3. The van der Waals surface area contributed by atoms with Crippen LogP contribution < -0.4 is 9.80 Å². The minimum absolute atomic E-state index is 0.697. The zero-order chi connectivity index (χ0) is 30.8. The van der Waals surface area contributed by atoms with Gasteiger partial charge in [0, 0.05) is 28.8 Å². The third kappa shape index (κ3) is 5.71. The van der Waals surface area contributed by atoms with E-state index in [1.54, 1.807) is 0 Å². The van der Waals surface area contributed by atoms with Gasteiger partial charge in [-0.15, -0.1) is 0 Å². The highest BCUT2D eigenvalue weighted by Crippen LogP contribution is 2.44. The van der Waals surface area contributed by atoms with E-state index in [9.17, 15) is 0 Å². The molecule has 1 heterocycles. The van der Waals surface area contributed by atoms with Crippen LogP contribution in [0.2, 0.25) is 0 Å². The highest BCUT2D eigenvalue weighted by molar-refractivity contribution is 5.85. The molecule has 0 saturated carbocycles. The third-order valence-corrected chi connectivity index (χ3v) is 8.00. The molecule has 0 unspecified atom stereocenters. The topological polar surface area (TPSA) is 32.3 Å². The molecule has 0 radical (unpaired) electrons. The van der Waals surface area contributed by atoms with Gasteiger partial charge in [-0.05, 0) is 106 Å². The fourth-order valence-electron chi connectivity index (χ4n) is 6.36. The summed E-state index contributed by atoms with van der Waals surface area (Å²) in [6, 6.07) is 40.4. The van der Waals surface area contributed by atoms with Gasteiger partial charge in [0.1, 0.15) is 5.82 Å². The maximum Gasteiger partial charge on any atom is 0.161 e. The fraction of sp³-hybridized carbons (Fsp3) is 0.150. The van der Waals surface area contributed by atoms with Crippen molar-refractivity contribution in [3.63, 3.8) is 0 Å². The number of aromatic nitrogens is 2. The number of para-hydroxylation sites is 1. The van der Waals surface area contributed by atoms with Crippen LogP contribution in [0.5, 0.6) is 0 Å². The van der Waals surface area contributed by atoms with Crippen LogP contribution in [0, 0.1) is 41.5 Å². The first kappa shape index (κ1) is 28.9. The molecule has 0 amide bonds. The first-order valence-electron chi connectivity index (χ1n) is 15.1. The Bertz CT molecular complexity index is 1810. The minimum atomic E-state index is 0.697.